The van der Waals surface area contributed by atoms with Crippen LogP contribution in [-0.2, 0) is 9.47 Å². The number of hydrogen-bond acceptors (Lipinski definition) is 5. The van der Waals surface area contributed by atoms with Gasteiger partial charge in [-0.25, -0.2) is 0 Å². The molecule has 5 nitrogen and oxygen atoms in total. The summed E-state index contributed by atoms with van der Waals surface area (Å²) in [7, 11) is 0. The normalized spacial score (nSPS) is 10.8. The molecule has 2 rings (SSSR count). The Labute approximate surface area is 118 Å². The Balaban J connectivity index is 1.71. The van der Waals surface area contributed by atoms with Gasteiger partial charge in [-0.2, -0.15) is 0 Å². The predicted octanol–water partition coefficient (Wildman–Crippen LogP) is 1.64. The number of ether oxygens (including phenoxy) is 3. The number of benzene rings is 1. The standard InChI is InChI=1S/C15H19NO4/c17-7-8-18-9-10-19-11-12-20-14-5-1-3-13-4-2-6-16-15(13)14/h1-6,17H,7-12H2. The molecule has 0 unspecified atom stereocenters. The molecule has 1 aromatic carbocycles. The quantitative estimate of drug-likeness (QED) is 0.706. The van der Waals surface area contributed by atoms with Gasteiger partial charge < -0.3 is 19.3 Å². The summed E-state index contributed by atoms with van der Waals surface area (Å²) in [5.41, 5.74) is 0.862. The minimum atomic E-state index is 0.0389. The van der Waals surface area contributed by atoms with Gasteiger partial charge in [-0.3, -0.25) is 4.98 Å². The van der Waals surface area contributed by atoms with Gasteiger partial charge in [0, 0.05) is 11.6 Å². The molecule has 108 valence electrons. The Morgan fingerprint density at radius 3 is 2.50 bits per heavy atom. The Morgan fingerprint density at radius 2 is 1.65 bits per heavy atom. The third-order valence-electron chi connectivity index (χ3n) is 2.69. The zero-order valence-electron chi connectivity index (χ0n) is 11.3. The fraction of sp³-hybridized carbons (Fsp3) is 0.400. The lowest BCUT2D eigenvalue weighted by Crippen LogP contribution is -2.12. The molecule has 1 aromatic heterocycles. The summed E-state index contributed by atoms with van der Waals surface area (Å²) in [6, 6.07) is 9.76. The van der Waals surface area contributed by atoms with E-state index in [1.807, 2.05) is 30.3 Å². The van der Waals surface area contributed by atoms with Crippen LogP contribution in [0, 0.1) is 0 Å². The minimum Gasteiger partial charge on any atom is -0.489 e. The van der Waals surface area contributed by atoms with E-state index in [9.17, 15) is 0 Å². The van der Waals surface area contributed by atoms with Crippen molar-refractivity contribution in [3.8, 4) is 5.75 Å². The molecule has 0 radical (unpaired) electrons. The van der Waals surface area contributed by atoms with Crippen molar-refractivity contribution in [2.45, 2.75) is 0 Å². The molecular formula is C15H19NO4. The van der Waals surface area contributed by atoms with Crippen LogP contribution in [0.5, 0.6) is 5.75 Å². The molecular weight excluding hydrogens is 258 g/mol. The number of para-hydroxylation sites is 1. The van der Waals surface area contributed by atoms with Crippen LogP contribution in [0.3, 0.4) is 0 Å². The van der Waals surface area contributed by atoms with E-state index < -0.39 is 0 Å². The first-order valence-electron chi connectivity index (χ1n) is 6.64. The number of aromatic nitrogens is 1. The molecule has 1 N–H and O–H groups in total. The molecule has 0 amide bonds. The number of fused-ring (bicyclic) bond motifs is 1. The zero-order valence-corrected chi connectivity index (χ0v) is 11.3. The van der Waals surface area contributed by atoms with Crippen LogP contribution in [-0.4, -0.2) is 49.7 Å². The molecule has 0 atom stereocenters. The van der Waals surface area contributed by atoms with Crippen LogP contribution in [0.15, 0.2) is 36.5 Å². The largest absolute Gasteiger partial charge is 0.489 e. The fourth-order valence-electron chi connectivity index (χ4n) is 1.79. The maximum Gasteiger partial charge on any atom is 0.145 e. The molecule has 5 heteroatoms. The molecule has 1 heterocycles. The van der Waals surface area contributed by atoms with E-state index in [-0.39, 0.29) is 6.61 Å². The van der Waals surface area contributed by atoms with Crippen molar-refractivity contribution in [3.63, 3.8) is 0 Å². The second-order valence-electron chi connectivity index (χ2n) is 4.13. The summed E-state index contributed by atoms with van der Waals surface area (Å²) in [5.74, 6) is 0.767. The van der Waals surface area contributed by atoms with Gasteiger partial charge in [0.2, 0.25) is 0 Å². The SMILES string of the molecule is OCCOCCOCCOc1cccc2cccnc12. The first kappa shape index (κ1) is 14.7. The molecule has 0 aliphatic carbocycles. The zero-order chi connectivity index (χ0) is 14.0. The Kier molecular flexibility index (Phi) is 6.23. The van der Waals surface area contributed by atoms with Gasteiger partial charge in [0.1, 0.15) is 17.9 Å². The van der Waals surface area contributed by atoms with Crippen molar-refractivity contribution in [2.75, 3.05) is 39.6 Å². The van der Waals surface area contributed by atoms with Gasteiger partial charge in [0.05, 0.1) is 33.0 Å². The van der Waals surface area contributed by atoms with Crippen LogP contribution in [0.4, 0.5) is 0 Å². The van der Waals surface area contributed by atoms with Gasteiger partial charge in [-0.05, 0) is 12.1 Å². The van der Waals surface area contributed by atoms with Crippen molar-refractivity contribution in [1.29, 1.82) is 0 Å². The van der Waals surface area contributed by atoms with Gasteiger partial charge in [-0.1, -0.05) is 18.2 Å². The van der Waals surface area contributed by atoms with E-state index in [2.05, 4.69) is 4.98 Å². The summed E-state index contributed by atoms with van der Waals surface area (Å²) in [4.78, 5) is 4.32. The van der Waals surface area contributed by atoms with Gasteiger partial charge in [-0.15, -0.1) is 0 Å². The van der Waals surface area contributed by atoms with Crippen molar-refractivity contribution in [3.05, 3.63) is 36.5 Å². The van der Waals surface area contributed by atoms with Gasteiger partial charge in [0.25, 0.3) is 0 Å². The molecule has 0 aliphatic heterocycles. The first-order chi connectivity index (χ1) is 9.92. The van der Waals surface area contributed by atoms with E-state index in [0.717, 1.165) is 16.7 Å². The second kappa shape index (κ2) is 8.47. The number of pyridine rings is 1. The summed E-state index contributed by atoms with van der Waals surface area (Å²) in [6.07, 6.45) is 1.75. The Morgan fingerprint density at radius 1 is 0.900 bits per heavy atom. The first-order valence-corrected chi connectivity index (χ1v) is 6.64. The van der Waals surface area contributed by atoms with E-state index in [1.54, 1.807) is 6.20 Å². The molecule has 0 aliphatic rings. The lowest BCUT2D eigenvalue weighted by Gasteiger charge is -2.09. The van der Waals surface area contributed by atoms with Crippen molar-refractivity contribution < 1.29 is 19.3 Å². The van der Waals surface area contributed by atoms with E-state index >= 15 is 0 Å². The van der Waals surface area contributed by atoms with E-state index in [0.29, 0.717) is 33.0 Å². The highest BCUT2D eigenvalue weighted by molar-refractivity contribution is 5.84. The number of aliphatic hydroxyl groups is 1. The predicted molar refractivity (Wildman–Crippen MR) is 76.0 cm³/mol. The molecule has 0 spiro atoms. The summed E-state index contributed by atoms with van der Waals surface area (Å²) >= 11 is 0. The number of hydrogen-bond donors (Lipinski definition) is 1. The summed E-state index contributed by atoms with van der Waals surface area (Å²) in [5, 5.41) is 9.59. The molecule has 0 bridgehead atoms. The van der Waals surface area contributed by atoms with Crippen LogP contribution in [0.25, 0.3) is 10.9 Å². The topological polar surface area (TPSA) is 60.8 Å². The van der Waals surface area contributed by atoms with Crippen LogP contribution < -0.4 is 4.74 Å². The smallest absolute Gasteiger partial charge is 0.145 e. The third-order valence-corrected chi connectivity index (χ3v) is 2.69. The minimum absolute atomic E-state index is 0.0389. The van der Waals surface area contributed by atoms with E-state index in [1.165, 1.54) is 0 Å². The number of rotatable bonds is 9. The van der Waals surface area contributed by atoms with Crippen molar-refractivity contribution >= 4 is 10.9 Å². The van der Waals surface area contributed by atoms with Crippen LogP contribution >= 0.6 is 0 Å². The molecule has 2 aromatic rings. The number of aliphatic hydroxyl groups excluding tert-OH is 1. The summed E-state index contributed by atoms with van der Waals surface area (Å²) < 4.78 is 16.1. The maximum absolute atomic E-state index is 8.53. The van der Waals surface area contributed by atoms with Crippen molar-refractivity contribution in [1.82, 2.24) is 4.98 Å². The maximum atomic E-state index is 8.53. The summed E-state index contributed by atoms with van der Waals surface area (Å²) in [6.45, 7) is 2.33. The molecule has 20 heavy (non-hydrogen) atoms. The average molecular weight is 277 g/mol. The van der Waals surface area contributed by atoms with Gasteiger partial charge >= 0.3 is 0 Å². The molecule has 0 saturated heterocycles. The van der Waals surface area contributed by atoms with Crippen LogP contribution in [0.1, 0.15) is 0 Å². The highest BCUT2D eigenvalue weighted by Crippen LogP contribution is 2.22. The highest BCUT2D eigenvalue weighted by atomic mass is 16.5. The van der Waals surface area contributed by atoms with E-state index in [4.69, 9.17) is 19.3 Å². The third kappa shape index (κ3) is 4.45. The lowest BCUT2D eigenvalue weighted by atomic mass is 10.2. The fourth-order valence-corrected chi connectivity index (χ4v) is 1.79. The van der Waals surface area contributed by atoms with Gasteiger partial charge in [0.15, 0.2) is 0 Å². The Bertz CT molecular complexity index is 513. The number of nitrogens with zero attached hydrogens (tertiary/aromatic N) is 1. The van der Waals surface area contributed by atoms with Crippen molar-refractivity contribution in [2.24, 2.45) is 0 Å². The molecule has 0 fully saturated rings. The second-order valence-corrected chi connectivity index (χ2v) is 4.13. The highest BCUT2D eigenvalue weighted by Gasteiger charge is 2.02. The molecule has 0 saturated carbocycles. The lowest BCUT2D eigenvalue weighted by molar-refractivity contribution is 0.0248. The Hall–Kier alpha value is -1.69. The van der Waals surface area contributed by atoms with Crippen LogP contribution in [0.2, 0.25) is 0 Å². The monoisotopic (exact) mass is 277 g/mol. The average Bonchev–Trinajstić information content (AvgIpc) is 2.50.